The van der Waals surface area contributed by atoms with Gasteiger partial charge in [0.25, 0.3) is 0 Å². The molecule has 0 unspecified atom stereocenters. The maximum atomic E-state index is 12.3. The molecule has 1 N–H and O–H groups in total. The van der Waals surface area contributed by atoms with Crippen molar-refractivity contribution in [2.75, 3.05) is 31.2 Å². The molecule has 28 heavy (non-hydrogen) atoms. The Morgan fingerprint density at radius 2 is 1.93 bits per heavy atom. The molecule has 7 heteroatoms. The SMILES string of the molecule is CN(CCCNc1cc(=O)oc2ccccc12)C(=O)CSc1ccc(Cl)cc1. The zero-order valence-electron chi connectivity index (χ0n) is 15.5. The highest BCUT2D eigenvalue weighted by atomic mass is 35.5. The molecular weight excluding hydrogens is 396 g/mol. The van der Waals surface area contributed by atoms with E-state index in [1.54, 1.807) is 18.0 Å². The van der Waals surface area contributed by atoms with Crippen LogP contribution in [-0.2, 0) is 4.79 Å². The summed E-state index contributed by atoms with van der Waals surface area (Å²) in [5.74, 6) is 0.460. The minimum Gasteiger partial charge on any atom is -0.423 e. The zero-order valence-corrected chi connectivity index (χ0v) is 17.1. The van der Waals surface area contributed by atoms with E-state index in [4.69, 9.17) is 16.0 Å². The van der Waals surface area contributed by atoms with Crippen molar-refractivity contribution in [3.8, 4) is 0 Å². The Morgan fingerprint density at radius 3 is 2.71 bits per heavy atom. The summed E-state index contributed by atoms with van der Waals surface area (Å²) in [4.78, 5) is 26.7. The number of carbonyl (C=O) groups excluding carboxylic acids is 1. The van der Waals surface area contributed by atoms with Crippen molar-refractivity contribution in [3.05, 3.63) is 70.0 Å². The summed E-state index contributed by atoms with van der Waals surface area (Å²) in [7, 11) is 1.80. The molecule has 3 rings (SSSR count). The average Bonchev–Trinajstić information content (AvgIpc) is 2.70. The lowest BCUT2D eigenvalue weighted by molar-refractivity contribution is -0.127. The molecule has 5 nitrogen and oxygen atoms in total. The van der Waals surface area contributed by atoms with Crippen molar-refractivity contribution < 1.29 is 9.21 Å². The molecule has 0 aliphatic heterocycles. The van der Waals surface area contributed by atoms with Crippen molar-refractivity contribution in [1.29, 1.82) is 0 Å². The van der Waals surface area contributed by atoms with E-state index in [0.29, 0.717) is 29.4 Å². The number of nitrogens with zero attached hydrogens (tertiary/aromatic N) is 1. The van der Waals surface area contributed by atoms with Gasteiger partial charge in [-0.2, -0.15) is 0 Å². The maximum absolute atomic E-state index is 12.3. The van der Waals surface area contributed by atoms with Crippen LogP contribution < -0.4 is 10.9 Å². The summed E-state index contributed by atoms with van der Waals surface area (Å²) < 4.78 is 5.19. The predicted octanol–water partition coefficient (Wildman–Crippen LogP) is 4.50. The lowest BCUT2D eigenvalue weighted by Gasteiger charge is -2.17. The molecule has 0 aliphatic rings. The molecule has 1 aromatic heterocycles. The topological polar surface area (TPSA) is 62.6 Å². The number of amides is 1. The second-order valence-electron chi connectivity index (χ2n) is 6.31. The monoisotopic (exact) mass is 416 g/mol. The van der Waals surface area contributed by atoms with Gasteiger partial charge in [-0.1, -0.05) is 23.7 Å². The van der Waals surface area contributed by atoms with E-state index in [9.17, 15) is 9.59 Å². The number of thioether (sulfide) groups is 1. The third kappa shape index (κ3) is 5.53. The van der Waals surface area contributed by atoms with E-state index in [-0.39, 0.29) is 11.5 Å². The van der Waals surface area contributed by atoms with E-state index in [2.05, 4.69) is 5.32 Å². The third-order valence-electron chi connectivity index (χ3n) is 4.24. The number of hydrogen-bond acceptors (Lipinski definition) is 5. The number of carbonyl (C=O) groups is 1. The summed E-state index contributed by atoms with van der Waals surface area (Å²) in [5, 5.41) is 4.82. The van der Waals surface area contributed by atoms with Crippen LogP contribution in [0.2, 0.25) is 5.02 Å². The highest BCUT2D eigenvalue weighted by Crippen LogP contribution is 2.21. The van der Waals surface area contributed by atoms with Gasteiger partial charge in [0.1, 0.15) is 5.58 Å². The van der Waals surface area contributed by atoms with Gasteiger partial charge in [0.05, 0.1) is 11.4 Å². The zero-order chi connectivity index (χ0) is 19.9. The maximum Gasteiger partial charge on any atom is 0.338 e. The third-order valence-corrected chi connectivity index (χ3v) is 5.49. The molecule has 0 radical (unpaired) electrons. The first kappa shape index (κ1) is 20.3. The van der Waals surface area contributed by atoms with Gasteiger partial charge in [-0.3, -0.25) is 4.79 Å². The summed E-state index contributed by atoms with van der Waals surface area (Å²) in [5.41, 5.74) is 0.927. The number of halogens is 1. The van der Waals surface area contributed by atoms with Gasteiger partial charge in [-0.05, 0) is 42.8 Å². The van der Waals surface area contributed by atoms with Crippen LogP contribution in [0.4, 0.5) is 5.69 Å². The van der Waals surface area contributed by atoms with Gasteiger partial charge in [0.15, 0.2) is 0 Å². The van der Waals surface area contributed by atoms with Gasteiger partial charge in [-0.25, -0.2) is 4.79 Å². The molecule has 0 aliphatic carbocycles. The van der Waals surface area contributed by atoms with Gasteiger partial charge < -0.3 is 14.6 Å². The lowest BCUT2D eigenvalue weighted by Crippen LogP contribution is -2.30. The van der Waals surface area contributed by atoms with E-state index >= 15 is 0 Å². The second kappa shape index (κ2) is 9.66. The lowest BCUT2D eigenvalue weighted by atomic mass is 10.2. The summed E-state index contributed by atoms with van der Waals surface area (Å²) in [6, 6.07) is 16.3. The predicted molar refractivity (Wildman–Crippen MR) is 115 cm³/mol. The number of para-hydroxylation sites is 1. The molecule has 0 bridgehead atoms. The van der Waals surface area contributed by atoms with Crippen molar-refractivity contribution in [3.63, 3.8) is 0 Å². The Hall–Kier alpha value is -2.44. The van der Waals surface area contributed by atoms with Crippen LogP contribution in [-0.4, -0.2) is 36.7 Å². The Balaban J connectivity index is 1.45. The molecule has 0 saturated carbocycles. The van der Waals surface area contributed by atoms with E-state index in [1.165, 1.54) is 17.8 Å². The average molecular weight is 417 g/mol. The molecule has 3 aromatic rings. The summed E-state index contributed by atoms with van der Waals surface area (Å²) in [6.45, 7) is 1.28. The van der Waals surface area contributed by atoms with E-state index in [0.717, 1.165) is 22.4 Å². The molecule has 146 valence electrons. The first-order chi connectivity index (χ1) is 13.5. The first-order valence-electron chi connectivity index (χ1n) is 8.92. The fraction of sp³-hybridized carbons (Fsp3) is 0.238. The highest BCUT2D eigenvalue weighted by molar-refractivity contribution is 8.00. The highest BCUT2D eigenvalue weighted by Gasteiger charge is 2.09. The first-order valence-corrected chi connectivity index (χ1v) is 10.3. The number of nitrogens with one attached hydrogen (secondary N) is 1. The van der Waals surface area contributed by atoms with Crippen molar-refractivity contribution >= 4 is 45.9 Å². The Labute approximate surface area is 172 Å². The van der Waals surface area contributed by atoms with Crippen LogP contribution in [0, 0.1) is 0 Å². The van der Waals surface area contributed by atoms with E-state index in [1.807, 2.05) is 42.5 Å². The van der Waals surface area contributed by atoms with Crippen molar-refractivity contribution in [1.82, 2.24) is 4.90 Å². The number of benzene rings is 2. The molecule has 0 saturated heterocycles. The van der Waals surface area contributed by atoms with Gasteiger partial charge >= 0.3 is 5.63 Å². The number of fused-ring (bicyclic) bond motifs is 1. The molecule has 1 heterocycles. The fourth-order valence-corrected chi connectivity index (χ4v) is 3.67. The normalized spacial score (nSPS) is 10.8. The van der Waals surface area contributed by atoms with Gasteiger partial charge in [0, 0.05) is 41.5 Å². The van der Waals surface area contributed by atoms with Crippen LogP contribution in [0.1, 0.15) is 6.42 Å². The number of rotatable bonds is 8. The van der Waals surface area contributed by atoms with Crippen LogP contribution in [0.3, 0.4) is 0 Å². The van der Waals surface area contributed by atoms with Crippen LogP contribution in [0.15, 0.2) is 68.7 Å². The molecule has 0 spiro atoms. The Morgan fingerprint density at radius 1 is 1.18 bits per heavy atom. The molecule has 0 fully saturated rings. The van der Waals surface area contributed by atoms with Gasteiger partial charge in [-0.15, -0.1) is 11.8 Å². The van der Waals surface area contributed by atoms with Crippen LogP contribution in [0.5, 0.6) is 0 Å². The van der Waals surface area contributed by atoms with Gasteiger partial charge in [0.2, 0.25) is 5.91 Å². The summed E-state index contributed by atoms with van der Waals surface area (Å²) >= 11 is 7.36. The van der Waals surface area contributed by atoms with Crippen molar-refractivity contribution in [2.24, 2.45) is 0 Å². The minimum atomic E-state index is -0.382. The number of anilines is 1. The fourth-order valence-electron chi connectivity index (χ4n) is 2.71. The molecule has 2 aromatic carbocycles. The quantitative estimate of drug-likeness (QED) is 0.333. The smallest absolute Gasteiger partial charge is 0.338 e. The standard InChI is InChI=1S/C21H21ClN2O3S/c1-24(20(25)14-28-16-9-7-15(22)8-10-16)12-4-11-23-18-13-21(26)27-19-6-3-2-5-17(18)19/h2-3,5-10,13,23H,4,11-12,14H2,1H3. The largest absolute Gasteiger partial charge is 0.423 e. The summed E-state index contributed by atoms with van der Waals surface area (Å²) in [6.07, 6.45) is 0.766. The number of hydrogen-bond donors (Lipinski definition) is 1. The van der Waals surface area contributed by atoms with Crippen LogP contribution in [0.25, 0.3) is 11.0 Å². The molecular formula is C21H21ClN2O3S. The molecule has 1 amide bonds. The van der Waals surface area contributed by atoms with Crippen LogP contribution >= 0.6 is 23.4 Å². The van der Waals surface area contributed by atoms with E-state index < -0.39 is 0 Å². The molecule has 0 atom stereocenters. The van der Waals surface area contributed by atoms with Crippen molar-refractivity contribution in [2.45, 2.75) is 11.3 Å². The minimum absolute atomic E-state index is 0.0748. The Kier molecular flexibility index (Phi) is 7.01. The Bertz CT molecular complexity index is 1000. The second-order valence-corrected chi connectivity index (χ2v) is 7.80.